The van der Waals surface area contributed by atoms with Crippen LogP contribution in [0, 0.1) is 10.1 Å². The van der Waals surface area contributed by atoms with Gasteiger partial charge in [0.2, 0.25) is 5.91 Å². The van der Waals surface area contributed by atoms with E-state index in [1.807, 2.05) is 0 Å². The average molecular weight is 314 g/mol. The van der Waals surface area contributed by atoms with Crippen LogP contribution in [0.15, 0.2) is 18.2 Å². The maximum Gasteiger partial charge on any atom is 0.269 e. The van der Waals surface area contributed by atoms with Crippen molar-refractivity contribution in [2.75, 3.05) is 26.8 Å². The van der Waals surface area contributed by atoms with Crippen LogP contribution >= 0.6 is 11.6 Å². The number of nitrogens with zero attached hydrogens (tertiary/aromatic N) is 2. The summed E-state index contributed by atoms with van der Waals surface area (Å²) in [5.41, 5.74) is 0.493. The Morgan fingerprint density at radius 3 is 3.00 bits per heavy atom. The Hall–Kier alpha value is -1.70. The van der Waals surface area contributed by atoms with Crippen molar-refractivity contribution in [2.45, 2.75) is 12.6 Å². The van der Waals surface area contributed by atoms with Crippen LogP contribution in [0.25, 0.3) is 0 Å². The first-order valence-corrected chi connectivity index (χ1v) is 6.85. The summed E-state index contributed by atoms with van der Waals surface area (Å²) in [6.45, 7) is 1.75. The van der Waals surface area contributed by atoms with Gasteiger partial charge in [-0.15, -0.1) is 0 Å². The lowest BCUT2D eigenvalue weighted by Crippen LogP contribution is -2.51. The highest BCUT2D eigenvalue weighted by Gasteiger charge is 2.25. The minimum atomic E-state index is -0.488. The van der Waals surface area contributed by atoms with Gasteiger partial charge in [0.15, 0.2) is 0 Å². The fourth-order valence-corrected chi connectivity index (χ4v) is 2.30. The van der Waals surface area contributed by atoms with Crippen molar-refractivity contribution >= 4 is 23.2 Å². The average Bonchev–Trinajstić information content (AvgIpc) is 2.49. The second-order valence-electron chi connectivity index (χ2n) is 4.81. The molecule has 0 saturated carbocycles. The minimum absolute atomic E-state index is 0.0469. The molecule has 0 bridgehead atoms. The first-order chi connectivity index (χ1) is 9.99. The van der Waals surface area contributed by atoms with Gasteiger partial charge in [-0.2, -0.15) is 0 Å². The molecule has 8 heteroatoms. The summed E-state index contributed by atoms with van der Waals surface area (Å²) >= 11 is 6.03. The molecule has 1 fully saturated rings. The van der Waals surface area contributed by atoms with E-state index in [4.69, 9.17) is 16.3 Å². The van der Waals surface area contributed by atoms with Crippen molar-refractivity contribution in [3.8, 4) is 0 Å². The second kappa shape index (κ2) is 6.84. The lowest BCUT2D eigenvalue weighted by molar-refractivity contribution is -0.384. The number of carbonyl (C=O) groups is 1. The molecule has 1 aliphatic heterocycles. The second-order valence-corrected chi connectivity index (χ2v) is 5.22. The molecule has 1 aliphatic rings. The van der Waals surface area contributed by atoms with Crippen LogP contribution < -0.4 is 5.32 Å². The number of benzene rings is 1. The van der Waals surface area contributed by atoms with Crippen LogP contribution in [0.1, 0.15) is 5.56 Å². The lowest BCUT2D eigenvalue weighted by atomic mass is 10.1. The molecule has 0 spiro atoms. The molecule has 1 saturated heterocycles. The molecule has 114 valence electrons. The van der Waals surface area contributed by atoms with Gasteiger partial charge >= 0.3 is 0 Å². The molecule has 1 unspecified atom stereocenters. The fourth-order valence-electron chi connectivity index (χ4n) is 2.12. The van der Waals surface area contributed by atoms with Crippen molar-refractivity contribution in [1.29, 1.82) is 0 Å². The molecule has 1 atom stereocenters. The maximum absolute atomic E-state index is 12.2. The number of nitro benzene ring substituents is 1. The Balaban J connectivity index is 2.07. The summed E-state index contributed by atoms with van der Waals surface area (Å²) in [5, 5.41) is 14.3. The fraction of sp³-hybridized carbons (Fsp3) is 0.462. The predicted molar refractivity (Wildman–Crippen MR) is 77.2 cm³/mol. The first-order valence-electron chi connectivity index (χ1n) is 6.48. The molecule has 21 heavy (non-hydrogen) atoms. The van der Waals surface area contributed by atoms with Crippen LogP contribution in [-0.2, 0) is 16.1 Å². The van der Waals surface area contributed by atoms with Crippen LogP contribution in [0.4, 0.5) is 5.69 Å². The molecular weight excluding hydrogens is 298 g/mol. The number of nitro groups is 1. The monoisotopic (exact) mass is 313 g/mol. The number of ether oxygens (including phenoxy) is 1. The van der Waals surface area contributed by atoms with Gasteiger partial charge in [0.1, 0.15) is 6.04 Å². The zero-order valence-corrected chi connectivity index (χ0v) is 12.3. The van der Waals surface area contributed by atoms with Gasteiger partial charge in [-0.3, -0.25) is 14.9 Å². The molecule has 1 amide bonds. The van der Waals surface area contributed by atoms with E-state index in [-0.39, 0.29) is 24.2 Å². The van der Waals surface area contributed by atoms with Crippen molar-refractivity contribution in [3.05, 3.63) is 38.9 Å². The SMILES string of the molecule is CN(Cc1cc([N+](=O)[O-])ccc1Cl)C(=O)C1COCCN1. The summed E-state index contributed by atoms with van der Waals surface area (Å²) in [6, 6.07) is 3.80. The normalized spacial score (nSPS) is 18.3. The zero-order chi connectivity index (χ0) is 15.4. The molecular formula is C13H16ClN3O4. The molecule has 0 aliphatic carbocycles. The van der Waals surface area contributed by atoms with Crippen LogP contribution in [-0.4, -0.2) is 48.6 Å². The standard InChI is InChI=1S/C13H16ClN3O4/c1-16(13(18)12-8-21-5-4-15-12)7-9-6-10(17(19)20)2-3-11(9)14/h2-3,6,12,15H,4-5,7-8H2,1H3. The smallest absolute Gasteiger partial charge is 0.269 e. The quantitative estimate of drug-likeness (QED) is 0.667. The molecule has 2 rings (SSSR count). The summed E-state index contributed by atoms with van der Waals surface area (Å²) in [5.74, 6) is -0.128. The molecule has 0 aromatic heterocycles. The number of hydrogen-bond donors (Lipinski definition) is 1. The summed E-state index contributed by atoms with van der Waals surface area (Å²) in [7, 11) is 1.63. The van der Waals surface area contributed by atoms with E-state index in [0.717, 1.165) is 0 Å². The number of non-ortho nitro benzene ring substituents is 1. The van der Waals surface area contributed by atoms with Crippen molar-refractivity contribution in [3.63, 3.8) is 0 Å². The summed E-state index contributed by atoms with van der Waals surface area (Å²) < 4.78 is 5.25. The Labute approximate surface area is 127 Å². The number of likely N-dealkylation sites (N-methyl/N-ethyl adjacent to an activating group) is 1. The highest BCUT2D eigenvalue weighted by molar-refractivity contribution is 6.31. The van der Waals surface area contributed by atoms with E-state index >= 15 is 0 Å². The van der Waals surface area contributed by atoms with Crippen molar-refractivity contribution in [2.24, 2.45) is 0 Å². The van der Waals surface area contributed by atoms with Crippen molar-refractivity contribution in [1.82, 2.24) is 10.2 Å². The molecule has 1 aromatic carbocycles. The van der Waals surface area contributed by atoms with E-state index in [0.29, 0.717) is 30.3 Å². The number of hydrogen-bond acceptors (Lipinski definition) is 5. The van der Waals surface area contributed by atoms with Gasteiger partial charge in [0.05, 0.1) is 18.1 Å². The number of halogens is 1. The molecule has 1 aromatic rings. The minimum Gasteiger partial charge on any atom is -0.378 e. The molecule has 1 heterocycles. The van der Waals surface area contributed by atoms with E-state index in [2.05, 4.69) is 5.32 Å². The van der Waals surface area contributed by atoms with Crippen LogP contribution in [0.3, 0.4) is 0 Å². The van der Waals surface area contributed by atoms with E-state index in [1.165, 1.54) is 23.1 Å². The Morgan fingerprint density at radius 2 is 2.38 bits per heavy atom. The summed E-state index contributed by atoms with van der Waals surface area (Å²) in [6.07, 6.45) is 0. The third-order valence-corrected chi connectivity index (χ3v) is 3.61. The van der Waals surface area contributed by atoms with Gasteiger partial charge in [0, 0.05) is 37.3 Å². The predicted octanol–water partition coefficient (Wildman–Crippen LogP) is 1.19. The lowest BCUT2D eigenvalue weighted by Gasteiger charge is -2.27. The van der Waals surface area contributed by atoms with E-state index in [9.17, 15) is 14.9 Å². The Kier molecular flexibility index (Phi) is 5.11. The number of carbonyl (C=O) groups excluding carboxylic acids is 1. The van der Waals surface area contributed by atoms with Gasteiger partial charge in [0.25, 0.3) is 5.69 Å². The number of morpholine rings is 1. The first kappa shape index (κ1) is 15.7. The number of rotatable bonds is 4. The molecule has 7 nitrogen and oxygen atoms in total. The zero-order valence-electron chi connectivity index (χ0n) is 11.5. The highest BCUT2D eigenvalue weighted by Crippen LogP contribution is 2.23. The van der Waals surface area contributed by atoms with Crippen LogP contribution in [0.2, 0.25) is 5.02 Å². The van der Waals surface area contributed by atoms with Gasteiger partial charge in [-0.05, 0) is 11.6 Å². The van der Waals surface area contributed by atoms with Crippen LogP contribution in [0.5, 0.6) is 0 Å². The largest absolute Gasteiger partial charge is 0.378 e. The maximum atomic E-state index is 12.2. The van der Waals surface area contributed by atoms with Gasteiger partial charge in [-0.1, -0.05) is 11.6 Å². The third-order valence-electron chi connectivity index (χ3n) is 3.24. The number of amides is 1. The molecule has 1 N–H and O–H groups in total. The summed E-state index contributed by atoms with van der Waals surface area (Å²) in [4.78, 5) is 24.0. The topological polar surface area (TPSA) is 84.7 Å². The van der Waals surface area contributed by atoms with E-state index < -0.39 is 4.92 Å². The van der Waals surface area contributed by atoms with Crippen molar-refractivity contribution < 1.29 is 14.5 Å². The van der Waals surface area contributed by atoms with E-state index in [1.54, 1.807) is 7.05 Å². The Morgan fingerprint density at radius 1 is 1.62 bits per heavy atom. The van der Waals surface area contributed by atoms with Gasteiger partial charge < -0.3 is 15.0 Å². The highest BCUT2D eigenvalue weighted by atomic mass is 35.5. The number of nitrogens with one attached hydrogen (secondary N) is 1. The Bertz CT molecular complexity index is 546. The third kappa shape index (κ3) is 3.90. The molecule has 0 radical (unpaired) electrons. The van der Waals surface area contributed by atoms with Gasteiger partial charge in [-0.25, -0.2) is 0 Å².